The van der Waals surface area contributed by atoms with E-state index in [0.717, 1.165) is 24.3 Å². The Morgan fingerprint density at radius 2 is 2.18 bits per heavy atom. The molecular weight excluding hydrogens is 380 g/mol. The molecule has 148 valence electrons. The van der Waals surface area contributed by atoms with Crippen LogP contribution in [0.5, 0.6) is 11.5 Å². The maximum Gasteiger partial charge on any atom is 0.263 e. The van der Waals surface area contributed by atoms with Crippen molar-refractivity contribution in [1.29, 1.82) is 0 Å². The number of aromatic hydroxyl groups is 1. The average Bonchev–Trinajstić information content (AvgIpc) is 3.34. The van der Waals surface area contributed by atoms with Gasteiger partial charge in [0.25, 0.3) is 5.91 Å². The van der Waals surface area contributed by atoms with Crippen LogP contribution in [0.3, 0.4) is 0 Å². The number of carbonyl (C=O) groups is 1. The molecule has 1 aromatic carbocycles. The fraction of sp³-hybridized carbons (Fsp3) is 0.368. The molecule has 0 spiro atoms. The second-order valence-corrected chi connectivity index (χ2v) is 7.44. The van der Waals surface area contributed by atoms with Gasteiger partial charge in [0, 0.05) is 18.5 Å². The lowest BCUT2D eigenvalue weighted by Crippen LogP contribution is -2.23. The summed E-state index contributed by atoms with van der Waals surface area (Å²) < 4.78 is 10.4. The molecule has 2 heterocycles. The number of nitrogens with one attached hydrogen (secondary N) is 1. The highest BCUT2D eigenvalue weighted by Crippen LogP contribution is 2.30. The summed E-state index contributed by atoms with van der Waals surface area (Å²) in [4.78, 5) is 21.0. The topological polar surface area (TPSA) is 110 Å². The van der Waals surface area contributed by atoms with Crippen molar-refractivity contribution >= 4 is 17.2 Å². The molecule has 0 bridgehead atoms. The van der Waals surface area contributed by atoms with Crippen molar-refractivity contribution < 1.29 is 19.2 Å². The predicted molar refractivity (Wildman–Crippen MR) is 105 cm³/mol. The van der Waals surface area contributed by atoms with Gasteiger partial charge in [0.15, 0.2) is 11.5 Å². The molecule has 0 atom stereocenters. The molecule has 28 heavy (non-hydrogen) atoms. The number of nitrogens with zero attached hydrogens (tertiary/aromatic N) is 3. The van der Waals surface area contributed by atoms with Gasteiger partial charge in [-0.1, -0.05) is 11.6 Å². The molecular formula is C19H22N4O4S. The standard InChI is InChI=1S/C19H22N4O4S/c1-12-21-11-16(28-12)19(25)20-9-5-3-4-6-17-22-18(23-27-17)13-7-8-14(24)15(10-13)26-2/h7-8,10-11,24H,3-6,9H2,1-2H3,(H,20,25). The van der Waals surface area contributed by atoms with E-state index in [0.29, 0.717) is 40.9 Å². The Labute approximate surface area is 166 Å². The van der Waals surface area contributed by atoms with Crippen LogP contribution < -0.4 is 10.1 Å². The molecule has 0 aliphatic carbocycles. The van der Waals surface area contributed by atoms with Gasteiger partial charge < -0.3 is 19.7 Å². The maximum atomic E-state index is 11.9. The molecule has 0 radical (unpaired) electrons. The van der Waals surface area contributed by atoms with Crippen LogP contribution in [0.25, 0.3) is 11.4 Å². The highest BCUT2D eigenvalue weighted by Gasteiger charge is 2.12. The summed E-state index contributed by atoms with van der Waals surface area (Å²) in [7, 11) is 1.49. The summed E-state index contributed by atoms with van der Waals surface area (Å²) in [5.74, 6) is 1.37. The number of benzene rings is 1. The zero-order valence-corrected chi connectivity index (χ0v) is 16.6. The van der Waals surface area contributed by atoms with Crippen LogP contribution in [0, 0.1) is 6.92 Å². The van der Waals surface area contributed by atoms with Gasteiger partial charge in [0.1, 0.15) is 4.88 Å². The predicted octanol–water partition coefficient (Wildman–Crippen LogP) is 3.36. The first kappa shape index (κ1) is 19.8. The molecule has 0 saturated carbocycles. The minimum atomic E-state index is -0.0727. The third-order valence-corrected chi connectivity index (χ3v) is 5.02. The molecule has 8 nitrogen and oxygen atoms in total. The van der Waals surface area contributed by atoms with E-state index in [2.05, 4.69) is 20.4 Å². The molecule has 2 aromatic heterocycles. The molecule has 0 fully saturated rings. The van der Waals surface area contributed by atoms with E-state index in [9.17, 15) is 9.90 Å². The molecule has 0 saturated heterocycles. The van der Waals surface area contributed by atoms with Crippen molar-refractivity contribution in [3.8, 4) is 22.9 Å². The Hall–Kier alpha value is -2.94. The number of amides is 1. The lowest BCUT2D eigenvalue weighted by molar-refractivity contribution is 0.0956. The van der Waals surface area contributed by atoms with Crippen LogP contribution in [-0.4, -0.2) is 39.8 Å². The summed E-state index contributed by atoms with van der Waals surface area (Å²) in [6, 6.07) is 4.91. The first-order valence-electron chi connectivity index (χ1n) is 8.97. The summed E-state index contributed by atoms with van der Waals surface area (Å²) in [6.07, 6.45) is 4.97. The Morgan fingerprint density at radius 3 is 2.93 bits per heavy atom. The van der Waals surface area contributed by atoms with Gasteiger partial charge in [-0.3, -0.25) is 4.79 Å². The van der Waals surface area contributed by atoms with Gasteiger partial charge in [-0.2, -0.15) is 4.98 Å². The number of methoxy groups -OCH3 is 1. The van der Waals surface area contributed by atoms with Crippen LogP contribution in [0.1, 0.15) is 39.8 Å². The van der Waals surface area contributed by atoms with E-state index in [1.54, 1.807) is 18.3 Å². The van der Waals surface area contributed by atoms with Gasteiger partial charge in [-0.15, -0.1) is 11.3 Å². The number of phenols is 1. The van der Waals surface area contributed by atoms with Gasteiger partial charge in [0.2, 0.25) is 11.7 Å². The van der Waals surface area contributed by atoms with E-state index in [-0.39, 0.29) is 11.7 Å². The third kappa shape index (κ3) is 5.07. The van der Waals surface area contributed by atoms with Gasteiger partial charge >= 0.3 is 0 Å². The number of hydrogen-bond acceptors (Lipinski definition) is 8. The van der Waals surface area contributed by atoms with Crippen LogP contribution in [0.15, 0.2) is 28.9 Å². The van der Waals surface area contributed by atoms with E-state index < -0.39 is 0 Å². The minimum absolute atomic E-state index is 0.0625. The summed E-state index contributed by atoms with van der Waals surface area (Å²) in [5, 5.41) is 17.4. The fourth-order valence-electron chi connectivity index (χ4n) is 2.62. The van der Waals surface area contributed by atoms with Crippen molar-refractivity contribution in [3.05, 3.63) is 40.2 Å². The van der Waals surface area contributed by atoms with Gasteiger partial charge in [-0.25, -0.2) is 4.98 Å². The number of aromatic nitrogens is 3. The van der Waals surface area contributed by atoms with E-state index in [4.69, 9.17) is 9.26 Å². The van der Waals surface area contributed by atoms with Crippen molar-refractivity contribution in [3.63, 3.8) is 0 Å². The number of rotatable bonds is 9. The summed E-state index contributed by atoms with van der Waals surface area (Å²) in [5.41, 5.74) is 0.714. The maximum absolute atomic E-state index is 11.9. The van der Waals surface area contributed by atoms with Crippen LogP contribution in [0.2, 0.25) is 0 Å². The van der Waals surface area contributed by atoms with E-state index >= 15 is 0 Å². The van der Waals surface area contributed by atoms with Crippen molar-refractivity contribution in [2.75, 3.05) is 13.7 Å². The summed E-state index contributed by atoms with van der Waals surface area (Å²) >= 11 is 1.39. The number of ether oxygens (including phenoxy) is 1. The number of unbranched alkanes of at least 4 members (excludes halogenated alkanes) is 2. The average molecular weight is 402 g/mol. The fourth-order valence-corrected chi connectivity index (χ4v) is 3.32. The highest BCUT2D eigenvalue weighted by atomic mass is 32.1. The molecule has 0 unspecified atom stereocenters. The van der Waals surface area contributed by atoms with Crippen LogP contribution >= 0.6 is 11.3 Å². The molecule has 0 aliphatic heterocycles. The Bertz CT molecular complexity index is 938. The van der Waals surface area contributed by atoms with Crippen LogP contribution in [-0.2, 0) is 6.42 Å². The second kappa shape index (κ2) is 9.32. The largest absolute Gasteiger partial charge is 0.504 e. The number of phenolic OH excluding ortho intramolecular Hbond substituents is 1. The van der Waals surface area contributed by atoms with Gasteiger partial charge in [-0.05, 0) is 38.0 Å². The quantitative estimate of drug-likeness (QED) is 0.528. The molecule has 0 aliphatic rings. The monoisotopic (exact) mass is 402 g/mol. The smallest absolute Gasteiger partial charge is 0.263 e. The third-order valence-electron chi connectivity index (χ3n) is 4.10. The second-order valence-electron chi connectivity index (χ2n) is 6.21. The zero-order valence-electron chi connectivity index (χ0n) is 15.8. The number of carbonyl (C=O) groups excluding carboxylic acids is 1. The minimum Gasteiger partial charge on any atom is -0.504 e. The Kier molecular flexibility index (Phi) is 6.59. The lowest BCUT2D eigenvalue weighted by Gasteiger charge is -2.03. The molecule has 3 aromatic rings. The SMILES string of the molecule is COc1cc(-c2noc(CCCCCNC(=O)c3cnc(C)s3)n2)ccc1O. The first-order chi connectivity index (χ1) is 13.6. The van der Waals surface area contributed by atoms with E-state index in [1.165, 1.54) is 24.5 Å². The molecule has 9 heteroatoms. The molecule has 1 amide bonds. The zero-order chi connectivity index (χ0) is 19.9. The number of hydrogen-bond donors (Lipinski definition) is 2. The van der Waals surface area contributed by atoms with Gasteiger partial charge in [0.05, 0.1) is 18.3 Å². The Balaban J connectivity index is 1.39. The first-order valence-corrected chi connectivity index (χ1v) is 9.79. The highest BCUT2D eigenvalue weighted by molar-refractivity contribution is 7.13. The normalized spacial score (nSPS) is 10.8. The number of thiazole rings is 1. The van der Waals surface area contributed by atoms with Crippen molar-refractivity contribution in [2.45, 2.75) is 32.6 Å². The molecule has 2 N–H and O–H groups in total. The Morgan fingerprint density at radius 1 is 1.32 bits per heavy atom. The van der Waals surface area contributed by atoms with Crippen molar-refractivity contribution in [2.24, 2.45) is 0 Å². The van der Waals surface area contributed by atoms with Crippen molar-refractivity contribution in [1.82, 2.24) is 20.4 Å². The van der Waals surface area contributed by atoms with E-state index in [1.807, 2.05) is 6.92 Å². The number of aryl methyl sites for hydroxylation is 2. The lowest BCUT2D eigenvalue weighted by atomic mass is 10.2. The van der Waals surface area contributed by atoms with Crippen LogP contribution in [0.4, 0.5) is 0 Å². The molecule has 3 rings (SSSR count). The summed E-state index contributed by atoms with van der Waals surface area (Å²) in [6.45, 7) is 2.50.